The summed E-state index contributed by atoms with van der Waals surface area (Å²) in [6.07, 6.45) is 1.43. The van der Waals surface area contributed by atoms with Crippen LogP contribution in [0.2, 0.25) is 0 Å². The molecule has 1 aromatic heterocycles. The van der Waals surface area contributed by atoms with E-state index < -0.39 is 0 Å². The first-order valence-corrected chi connectivity index (χ1v) is 5.40. The summed E-state index contributed by atoms with van der Waals surface area (Å²) in [7, 11) is 0. The summed E-state index contributed by atoms with van der Waals surface area (Å²) < 4.78 is 6.41. The number of nitrogens with zero attached hydrogens (tertiary/aromatic N) is 1. The molecule has 0 aliphatic heterocycles. The number of nitrogens with two attached hydrogens (primary N) is 1. The number of hydrogen-bond donors (Lipinski definition) is 1. The van der Waals surface area contributed by atoms with Gasteiger partial charge in [-0.25, -0.2) is 4.98 Å². The molecule has 0 radical (unpaired) electrons. The van der Waals surface area contributed by atoms with E-state index in [1.165, 1.54) is 6.39 Å². The van der Waals surface area contributed by atoms with Crippen LogP contribution in [0.3, 0.4) is 0 Å². The van der Waals surface area contributed by atoms with E-state index in [0.29, 0.717) is 6.54 Å². The predicted octanol–water partition coefficient (Wildman–Crippen LogP) is 2.87. The number of aromatic nitrogens is 1. The zero-order valence-electron chi connectivity index (χ0n) is 8.33. The van der Waals surface area contributed by atoms with Gasteiger partial charge in [0.15, 0.2) is 12.2 Å². The van der Waals surface area contributed by atoms with E-state index in [9.17, 15) is 0 Å². The van der Waals surface area contributed by atoms with E-state index in [0.717, 1.165) is 27.1 Å². The summed E-state index contributed by atoms with van der Waals surface area (Å²) in [5.74, 6) is 0.758. The highest BCUT2D eigenvalue weighted by atomic mass is 79.9. The average Bonchev–Trinajstić information content (AvgIpc) is 2.70. The van der Waals surface area contributed by atoms with Crippen molar-refractivity contribution in [2.45, 2.75) is 13.5 Å². The fourth-order valence-corrected chi connectivity index (χ4v) is 1.68. The third kappa shape index (κ3) is 1.96. The molecule has 3 nitrogen and oxygen atoms in total. The molecule has 0 aliphatic rings. The Bertz CT molecular complexity index is 479. The van der Waals surface area contributed by atoms with Gasteiger partial charge in [0.2, 0.25) is 0 Å². The number of halogens is 1. The minimum Gasteiger partial charge on any atom is -0.443 e. The summed E-state index contributed by atoms with van der Waals surface area (Å²) in [4.78, 5) is 4.06. The third-order valence-corrected chi connectivity index (χ3v) is 3.14. The predicted molar refractivity (Wildman–Crippen MR) is 62.3 cm³/mol. The highest BCUT2D eigenvalue weighted by Crippen LogP contribution is 2.26. The summed E-state index contributed by atoms with van der Waals surface area (Å²) in [6, 6.07) is 6.02. The maximum atomic E-state index is 5.57. The molecule has 2 aromatic rings. The van der Waals surface area contributed by atoms with Gasteiger partial charge in [0.1, 0.15) is 5.69 Å². The third-order valence-electron chi connectivity index (χ3n) is 2.25. The van der Waals surface area contributed by atoms with Gasteiger partial charge in [0, 0.05) is 16.6 Å². The lowest BCUT2D eigenvalue weighted by atomic mass is 10.1. The van der Waals surface area contributed by atoms with Gasteiger partial charge >= 0.3 is 0 Å². The van der Waals surface area contributed by atoms with Crippen LogP contribution in [-0.4, -0.2) is 4.98 Å². The number of aryl methyl sites for hydroxylation is 1. The second kappa shape index (κ2) is 4.16. The summed E-state index contributed by atoms with van der Waals surface area (Å²) in [6.45, 7) is 2.42. The lowest BCUT2D eigenvalue weighted by Crippen LogP contribution is -1.98. The Morgan fingerprint density at radius 1 is 1.47 bits per heavy atom. The van der Waals surface area contributed by atoms with Crippen molar-refractivity contribution in [3.05, 3.63) is 40.3 Å². The van der Waals surface area contributed by atoms with Gasteiger partial charge in [0.25, 0.3) is 0 Å². The summed E-state index contributed by atoms with van der Waals surface area (Å²) in [5, 5.41) is 0. The van der Waals surface area contributed by atoms with Gasteiger partial charge in [-0.1, -0.05) is 22.0 Å². The van der Waals surface area contributed by atoms with Crippen molar-refractivity contribution in [3.8, 4) is 11.3 Å². The van der Waals surface area contributed by atoms with Gasteiger partial charge in [-0.15, -0.1) is 0 Å². The normalized spacial score (nSPS) is 10.6. The van der Waals surface area contributed by atoms with Crippen LogP contribution in [0.4, 0.5) is 0 Å². The van der Waals surface area contributed by atoms with Crippen molar-refractivity contribution in [2.24, 2.45) is 5.73 Å². The maximum absolute atomic E-state index is 5.57. The van der Waals surface area contributed by atoms with Crippen molar-refractivity contribution in [2.75, 3.05) is 0 Å². The van der Waals surface area contributed by atoms with Gasteiger partial charge < -0.3 is 10.2 Å². The van der Waals surface area contributed by atoms with E-state index in [-0.39, 0.29) is 0 Å². The Kier molecular flexibility index (Phi) is 2.88. The van der Waals surface area contributed by atoms with Crippen LogP contribution < -0.4 is 5.73 Å². The van der Waals surface area contributed by atoms with Gasteiger partial charge in [-0.2, -0.15) is 0 Å². The minimum atomic E-state index is 0.390. The smallest absolute Gasteiger partial charge is 0.181 e. The van der Waals surface area contributed by atoms with E-state index >= 15 is 0 Å². The van der Waals surface area contributed by atoms with E-state index in [2.05, 4.69) is 20.9 Å². The molecule has 2 rings (SSSR count). The topological polar surface area (TPSA) is 52.0 Å². The Labute approximate surface area is 96.4 Å². The molecule has 0 saturated carbocycles. The monoisotopic (exact) mass is 266 g/mol. The molecule has 4 heteroatoms. The first-order chi connectivity index (χ1) is 7.22. The summed E-state index contributed by atoms with van der Waals surface area (Å²) >= 11 is 3.46. The second-order valence-corrected chi connectivity index (χ2v) is 4.15. The van der Waals surface area contributed by atoms with Crippen LogP contribution in [0.1, 0.15) is 11.3 Å². The van der Waals surface area contributed by atoms with Crippen LogP contribution in [0.15, 0.2) is 33.5 Å². The first kappa shape index (κ1) is 10.4. The molecule has 0 fully saturated rings. The SMILES string of the molecule is Cc1cc(-c2ocnc2CN)ccc1Br. The second-order valence-electron chi connectivity index (χ2n) is 3.30. The zero-order valence-corrected chi connectivity index (χ0v) is 9.91. The van der Waals surface area contributed by atoms with Gasteiger partial charge in [-0.05, 0) is 24.6 Å². The van der Waals surface area contributed by atoms with Crippen molar-refractivity contribution < 1.29 is 4.42 Å². The molecule has 0 aliphatic carbocycles. The number of rotatable bonds is 2. The fraction of sp³-hybridized carbons (Fsp3) is 0.182. The Morgan fingerprint density at radius 3 is 2.93 bits per heavy atom. The largest absolute Gasteiger partial charge is 0.443 e. The van der Waals surface area contributed by atoms with Crippen molar-refractivity contribution >= 4 is 15.9 Å². The Hall–Kier alpha value is -1.13. The number of benzene rings is 1. The van der Waals surface area contributed by atoms with Crippen LogP contribution in [0.5, 0.6) is 0 Å². The van der Waals surface area contributed by atoms with E-state index in [1.807, 2.05) is 25.1 Å². The molecular formula is C11H11BrN2O. The Morgan fingerprint density at radius 2 is 2.27 bits per heavy atom. The van der Waals surface area contributed by atoms with Crippen molar-refractivity contribution in [1.29, 1.82) is 0 Å². The lowest BCUT2D eigenvalue weighted by Gasteiger charge is -2.02. The standard InChI is InChI=1S/C11H11BrN2O/c1-7-4-8(2-3-9(7)12)11-10(5-13)14-6-15-11/h2-4,6H,5,13H2,1H3. The molecule has 1 heterocycles. The lowest BCUT2D eigenvalue weighted by molar-refractivity contribution is 0.571. The number of oxazole rings is 1. The van der Waals surface area contributed by atoms with Crippen LogP contribution in [0, 0.1) is 6.92 Å². The van der Waals surface area contributed by atoms with Gasteiger partial charge in [-0.3, -0.25) is 0 Å². The first-order valence-electron chi connectivity index (χ1n) is 4.61. The highest BCUT2D eigenvalue weighted by Gasteiger charge is 2.09. The van der Waals surface area contributed by atoms with Gasteiger partial charge in [0.05, 0.1) is 0 Å². The molecule has 0 saturated heterocycles. The maximum Gasteiger partial charge on any atom is 0.181 e. The quantitative estimate of drug-likeness (QED) is 0.910. The average molecular weight is 267 g/mol. The molecule has 1 aromatic carbocycles. The van der Waals surface area contributed by atoms with Crippen molar-refractivity contribution in [3.63, 3.8) is 0 Å². The van der Waals surface area contributed by atoms with Crippen LogP contribution in [0.25, 0.3) is 11.3 Å². The molecule has 0 atom stereocenters. The summed E-state index contributed by atoms with van der Waals surface area (Å²) in [5.41, 5.74) is 8.52. The molecule has 0 amide bonds. The fourth-order valence-electron chi connectivity index (χ4n) is 1.44. The molecule has 0 unspecified atom stereocenters. The molecular weight excluding hydrogens is 256 g/mol. The van der Waals surface area contributed by atoms with Crippen molar-refractivity contribution in [1.82, 2.24) is 4.98 Å². The molecule has 2 N–H and O–H groups in total. The van der Waals surface area contributed by atoms with E-state index in [1.54, 1.807) is 0 Å². The van der Waals surface area contributed by atoms with Crippen LogP contribution >= 0.6 is 15.9 Å². The number of hydrogen-bond acceptors (Lipinski definition) is 3. The Balaban J connectivity index is 2.50. The molecule has 0 spiro atoms. The highest BCUT2D eigenvalue weighted by molar-refractivity contribution is 9.10. The van der Waals surface area contributed by atoms with E-state index in [4.69, 9.17) is 10.2 Å². The molecule has 0 bridgehead atoms. The van der Waals surface area contributed by atoms with Crippen LogP contribution in [-0.2, 0) is 6.54 Å². The minimum absolute atomic E-state index is 0.390. The molecule has 15 heavy (non-hydrogen) atoms. The molecule has 78 valence electrons. The zero-order chi connectivity index (χ0) is 10.8.